The third-order valence-corrected chi connectivity index (χ3v) is 5.62. The van der Waals surface area contributed by atoms with Crippen LogP contribution in [0.1, 0.15) is 97.5 Å². The number of unbranched alkanes of at least 4 members (excludes halogenated alkanes) is 1. The maximum absolute atomic E-state index is 11.6. The first-order valence-corrected chi connectivity index (χ1v) is 9.60. The Morgan fingerprint density at radius 1 is 1.28 bits per heavy atom. The molecule has 3 N–H and O–H groups in total. The number of carbonyl (C=O) groups is 1. The van der Waals surface area contributed by atoms with Crippen LogP contribution >= 0.6 is 0 Å². The van der Waals surface area contributed by atoms with Crippen molar-refractivity contribution < 1.29 is 15.0 Å². The number of aromatic carboxylic acids is 1. The quantitative estimate of drug-likeness (QED) is 0.653. The van der Waals surface area contributed by atoms with Gasteiger partial charge in [-0.2, -0.15) is 0 Å². The Kier molecular flexibility index (Phi) is 5.48. The number of aromatic amines is 1. The van der Waals surface area contributed by atoms with Crippen LogP contribution in [-0.2, 0) is 0 Å². The number of rotatable bonds is 6. The van der Waals surface area contributed by atoms with Crippen LogP contribution in [0.15, 0.2) is 12.1 Å². The second kappa shape index (κ2) is 7.61. The molecule has 0 bridgehead atoms. The Hall–Kier alpha value is -1.81. The largest absolute Gasteiger partial charge is 0.478 e. The fourth-order valence-electron chi connectivity index (χ4n) is 4.26. The average Bonchev–Trinajstić information content (AvgIpc) is 2.97. The van der Waals surface area contributed by atoms with Crippen molar-refractivity contribution in [3.63, 3.8) is 0 Å². The molecule has 1 fully saturated rings. The highest BCUT2D eigenvalue weighted by molar-refractivity contribution is 5.97. The van der Waals surface area contributed by atoms with Crippen molar-refractivity contribution in [1.82, 2.24) is 4.98 Å². The summed E-state index contributed by atoms with van der Waals surface area (Å²) in [7, 11) is 0. The lowest BCUT2D eigenvalue weighted by molar-refractivity contribution is 0.0696. The monoisotopic (exact) mass is 343 g/mol. The summed E-state index contributed by atoms with van der Waals surface area (Å²) >= 11 is 0. The molecule has 0 amide bonds. The van der Waals surface area contributed by atoms with Crippen molar-refractivity contribution in [3.8, 4) is 0 Å². The van der Waals surface area contributed by atoms with Crippen molar-refractivity contribution in [2.24, 2.45) is 0 Å². The van der Waals surface area contributed by atoms with Crippen LogP contribution in [0.3, 0.4) is 0 Å². The minimum absolute atomic E-state index is 0.359. The van der Waals surface area contributed by atoms with E-state index in [-0.39, 0.29) is 0 Å². The molecule has 1 atom stereocenters. The lowest BCUT2D eigenvalue weighted by atomic mass is 9.81. The van der Waals surface area contributed by atoms with Gasteiger partial charge in [0.05, 0.1) is 11.7 Å². The number of hydrogen-bond donors (Lipinski definition) is 3. The molecule has 1 aliphatic carbocycles. The molecule has 0 radical (unpaired) electrons. The van der Waals surface area contributed by atoms with Gasteiger partial charge in [-0.25, -0.2) is 4.79 Å². The van der Waals surface area contributed by atoms with Crippen LogP contribution in [0.4, 0.5) is 0 Å². The number of aliphatic hydroxyl groups excluding tert-OH is 1. The molecule has 4 nitrogen and oxygen atoms in total. The molecule has 1 saturated carbocycles. The van der Waals surface area contributed by atoms with Crippen molar-refractivity contribution in [2.45, 2.75) is 77.2 Å². The fraction of sp³-hybridized carbons (Fsp3) is 0.571. The average molecular weight is 343 g/mol. The Bertz CT molecular complexity index is 756. The van der Waals surface area contributed by atoms with Gasteiger partial charge in [0.15, 0.2) is 0 Å². The first kappa shape index (κ1) is 18.0. The van der Waals surface area contributed by atoms with E-state index in [1.54, 1.807) is 0 Å². The van der Waals surface area contributed by atoms with E-state index >= 15 is 0 Å². The molecule has 1 aliphatic rings. The van der Waals surface area contributed by atoms with Gasteiger partial charge in [-0.1, -0.05) is 39.0 Å². The Labute approximate surface area is 149 Å². The zero-order chi connectivity index (χ0) is 18.0. The van der Waals surface area contributed by atoms with Gasteiger partial charge in [0, 0.05) is 16.6 Å². The summed E-state index contributed by atoms with van der Waals surface area (Å²) in [5.41, 5.74) is 4.15. The number of aryl methyl sites for hydroxylation is 1. The summed E-state index contributed by atoms with van der Waals surface area (Å²) in [5, 5.41) is 21.2. The first-order chi connectivity index (χ1) is 12.0. The Balaban J connectivity index is 2.14. The van der Waals surface area contributed by atoms with Gasteiger partial charge in [0.1, 0.15) is 0 Å². The third kappa shape index (κ3) is 3.59. The van der Waals surface area contributed by atoms with E-state index in [4.69, 9.17) is 0 Å². The molecular formula is C21H29NO3. The van der Waals surface area contributed by atoms with Crippen molar-refractivity contribution >= 4 is 16.9 Å². The summed E-state index contributed by atoms with van der Waals surface area (Å²) in [6.07, 6.45) is 8.21. The van der Waals surface area contributed by atoms with Gasteiger partial charge in [0.25, 0.3) is 0 Å². The summed E-state index contributed by atoms with van der Waals surface area (Å²) < 4.78 is 0. The van der Waals surface area contributed by atoms with Crippen LogP contribution in [-0.4, -0.2) is 21.2 Å². The number of carboxylic acid groups (broad SMARTS) is 1. The topological polar surface area (TPSA) is 73.3 Å². The van der Waals surface area contributed by atoms with Gasteiger partial charge in [-0.3, -0.25) is 0 Å². The van der Waals surface area contributed by atoms with E-state index in [0.717, 1.165) is 54.3 Å². The highest BCUT2D eigenvalue weighted by atomic mass is 16.4. The molecular weight excluding hydrogens is 314 g/mol. The summed E-state index contributed by atoms with van der Waals surface area (Å²) in [4.78, 5) is 15.0. The highest BCUT2D eigenvalue weighted by Gasteiger charge is 2.26. The number of aromatic nitrogens is 1. The van der Waals surface area contributed by atoms with Crippen LogP contribution in [0, 0.1) is 6.92 Å². The summed E-state index contributed by atoms with van der Waals surface area (Å²) in [6.45, 7) is 3.96. The minimum atomic E-state index is -0.886. The molecule has 1 aromatic heterocycles. The van der Waals surface area contributed by atoms with Gasteiger partial charge in [-0.05, 0) is 55.4 Å². The van der Waals surface area contributed by atoms with Crippen LogP contribution in [0.25, 0.3) is 10.9 Å². The molecule has 136 valence electrons. The van der Waals surface area contributed by atoms with E-state index < -0.39 is 12.1 Å². The number of benzene rings is 1. The van der Waals surface area contributed by atoms with Crippen molar-refractivity contribution in [2.75, 3.05) is 0 Å². The third-order valence-electron chi connectivity index (χ3n) is 5.62. The second-order valence-corrected chi connectivity index (χ2v) is 7.46. The predicted octanol–water partition coefficient (Wildman–Crippen LogP) is 5.45. The molecule has 1 heterocycles. The van der Waals surface area contributed by atoms with Gasteiger partial charge in [0.2, 0.25) is 0 Å². The van der Waals surface area contributed by atoms with E-state index in [1.807, 2.05) is 19.1 Å². The molecule has 0 spiro atoms. The Morgan fingerprint density at radius 3 is 2.64 bits per heavy atom. The van der Waals surface area contributed by atoms with Crippen LogP contribution in [0.5, 0.6) is 0 Å². The molecule has 1 aromatic carbocycles. The van der Waals surface area contributed by atoms with Crippen LogP contribution < -0.4 is 0 Å². The zero-order valence-electron chi connectivity index (χ0n) is 15.3. The van der Waals surface area contributed by atoms with Crippen molar-refractivity contribution in [1.29, 1.82) is 0 Å². The molecule has 1 unspecified atom stereocenters. The maximum Gasteiger partial charge on any atom is 0.335 e. The standard InChI is InChI=1S/C21H29NO3/c1-3-4-10-18(23)20-19(14-8-6-5-7-9-14)16-12-15(21(24)25)13(2)11-17(16)22-20/h11-12,14,18,22-23H,3-10H2,1-2H3,(H,24,25). The predicted molar refractivity (Wildman–Crippen MR) is 100 cm³/mol. The highest BCUT2D eigenvalue weighted by Crippen LogP contribution is 2.41. The SMILES string of the molecule is CCCCC(O)c1[nH]c2cc(C)c(C(=O)O)cc2c1C1CCCCC1. The first-order valence-electron chi connectivity index (χ1n) is 9.60. The summed E-state index contributed by atoms with van der Waals surface area (Å²) in [6, 6.07) is 3.73. The lowest BCUT2D eigenvalue weighted by Gasteiger charge is -2.24. The smallest absolute Gasteiger partial charge is 0.335 e. The molecule has 3 rings (SSSR count). The van der Waals surface area contributed by atoms with E-state index in [9.17, 15) is 15.0 Å². The van der Waals surface area contributed by atoms with E-state index in [1.165, 1.54) is 24.8 Å². The molecule has 0 aliphatic heterocycles. The zero-order valence-corrected chi connectivity index (χ0v) is 15.3. The van der Waals surface area contributed by atoms with Gasteiger partial charge < -0.3 is 15.2 Å². The number of H-pyrrole nitrogens is 1. The second-order valence-electron chi connectivity index (χ2n) is 7.46. The molecule has 2 aromatic rings. The normalized spacial score (nSPS) is 17.1. The maximum atomic E-state index is 11.6. The number of fused-ring (bicyclic) bond motifs is 1. The minimum Gasteiger partial charge on any atom is -0.478 e. The van der Waals surface area contributed by atoms with Crippen LogP contribution in [0.2, 0.25) is 0 Å². The molecule has 25 heavy (non-hydrogen) atoms. The number of nitrogens with one attached hydrogen (secondary N) is 1. The van der Waals surface area contributed by atoms with E-state index in [0.29, 0.717) is 11.5 Å². The Morgan fingerprint density at radius 2 is 2.00 bits per heavy atom. The number of aliphatic hydroxyl groups is 1. The lowest BCUT2D eigenvalue weighted by Crippen LogP contribution is -2.09. The number of carboxylic acids is 1. The summed E-state index contributed by atoms with van der Waals surface area (Å²) in [5.74, 6) is -0.471. The molecule has 0 saturated heterocycles. The van der Waals surface area contributed by atoms with E-state index in [2.05, 4.69) is 11.9 Å². The van der Waals surface area contributed by atoms with Gasteiger partial charge in [-0.15, -0.1) is 0 Å². The fourth-order valence-corrected chi connectivity index (χ4v) is 4.26. The van der Waals surface area contributed by atoms with Gasteiger partial charge >= 0.3 is 5.97 Å². The molecule has 4 heteroatoms. The number of hydrogen-bond acceptors (Lipinski definition) is 2. The van der Waals surface area contributed by atoms with Crippen molar-refractivity contribution in [3.05, 3.63) is 34.5 Å².